The van der Waals surface area contributed by atoms with E-state index in [1.54, 1.807) is 0 Å². The van der Waals surface area contributed by atoms with E-state index in [1.165, 1.54) is 24.0 Å². The van der Waals surface area contributed by atoms with Crippen molar-refractivity contribution in [2.24, 2.45) is 0 Å². The molecule has 3 heteroatoms. The van der Waals surface area contributed by atoms with Gasteiger partial charge in [-0.1, -0.05) is 24.1 Å². The van der Waals surface area contributed by atoms with Crippen LogP contribution in [0.15, 0.2) is 18.2 Å². The Morgan fingerprint density at radius 1 is 1.20 bits per heavy atom. The van der Waals surface area contributed by atoms with Crippen LogP contribution in [0.2, 0.25) is 0 Å². The molecule has 0 atom stereocenters. The molecule has 1 fully saturated rings. The zero-order chi connectivity index (χ0) is 14.2. The van der Waals surface area contributed by atoms with Crippen molar-refractivity contribution in [2.45, 2.75) is 58.0 Å². The van der Waals surface area contributed by atoms with Crippen LogP contribution < -0.4 is 10.1 Å². The summed E-state index contributed by atoms with van der Waals surface area (Å²) in [7, 11) is 0. The van der Waals surface area contributed by atoms with Crippen LogP contribution in [0.5, 0.6) is 5.75 Å². The number of nitrogens with one attached hydrogen (secondary N) is 1. The lowest BCUT2D eigenvalue weighted by Crippen LogP contribution is -2.16. The lowest BCUT2D eigenvalue weighted by atomic mass is 10.1. The summed E-state index contributed by atoms with van der Waals surface area (Å²) in [5, 5.41) is 12.3. The zero-order valence-electron chi connectivity index (χ0n) is 12.5. The second-order valence-corrected chi connectivity index (χ2v) is 5.75. The Balaban J connectivity index is 1.76. The van der Waals surface area contributed by atoms with E-state index < -0.39 is 0 Å². The van der Waals surface area contributed by atoms with Gasteiger partial charge in [-0.3, -0.25) is 0 Å². The van der Waals surface area contributed by atoms with Crippen molar-refractivity contribution in [1.82, 2.24) is 5.32 Å². The summed E-state index contributed by atoms with van der Waals surface area (Å²) < 4.78 is 5.92. The van der Waals surface area contributed by atoms with Crippen molar-refractivity contribution >= 4 is 0 Å². The van der Waals surface area contributed by atoms with Crippen molar-refractivity contribution in [2.75, 3.05) is 13.2 Å². The average molecular weight is 277 g/mol. The van der Waals surface area contributed by atoms with Crippen molar-refractivity contribution in [3.8, 4) is 5.75 Å². The standard InChI is InChI=1S/C17H27NO2/c1-14-6-9-17(20-11-5-3-2-4-10-19)15(12-14)13-18-16-7-8-16/h6,9,12,16,18-19H,2-5,7-8,10-11,13H2,1H3. The first-order chi connectivity index (χ1) is 9.79. The highest BCUT2D eigenvalue weighted by Crippen LogP contribution is 2.24. The summed E-state index contributed by atoms with van der Waals surface area (Å²) >= 11 is 0. The molecule has 0 aromatic heterocycles. The number of aliphatic hydroxyl groups excluding tert-OH is 1. The molecule has 1 aliphatic rings. The van der Waals surface area contributed by atoms with Gasteiger partial charge < -0.3 is 15.2 Å². The first-order valence-corrected chi connectivity index (χ1v) is 7.86. The summed E-state index contributed by atoms with van der Waals surface area (Å²) in [6, 6.07) is 7.15. The van der Waals surface area contributed by atoms with Gasteiger partial charge in [-0.25, -0.2) is 0 Å². The lowest BCUT2D eigenvalue weighted by Gasteiger charge is -2.13. The van der Waals surface area contributed by atoms with Gasteiger partial charge in [-0.05, 0) is 45.1 Å². The molecule has 0 amide bonds. The number of aliphatic hydroxyl groups is 1. The van der Waals surface area contributed by atoms with Gasteiger partial charge in [0.25, 0.3) is 0 Å². The highest BCUT2D eigenvalue weighted by atomic mass is 16.5. The molecule has 2 rings (SSSR count). The third kappa shape index (κ3) is 5.51. The highest BCUT2D eigenvalue weighted by molar-refractivity contribution is 5.37. The molecular weight excluding hydrogens is 250 g/mol. The van der Waals surface area contributed by atoms with E-state index in [4.69, 9.17) is 9.84 Å². The van der Waals surface area contributed by atoms with Gasteiger partial charge in [0.05, 0.1) is 6.61 Å². The number of aryl methyl sites for hydroxylation is 1. The van der Waals surface area contributed by atoms with E-state index in [0.29, 0.717) is 6.61 Å². The van der Waals surface area contributed by atoms with E-state index in [0.717, 1.165) is 50.6 Å². The lowest BCUT2D eigenvalue weighted by molar-refractivity contribution is 0.272. The molecule has 0 bridgehead atoms. The number of benzene rings is 1. The summed E-state index contributed by atoms with van der Waals surface area (Å²) in [6.45, 7) is 4.10. The monoisotopic (exact) mass is 277 g/mol. The van der Waals surface area contributed by atoms with Crippen LogP contribution >= 0.6 is 0 Å². The number of hydrogen-bond donors (Lipinski definition) is 2. The first kappa shape index (κ1) is 15.3. The van der Waals surface area contributed by atoms with Crippen molar-refractivity contribution in [3.63, 3.8) is 0 Å². The quantitative estimate of drug-likeness (QED) is 0.645. The number of hydrogen-bond acceptors (Lipinski definition) is 3. The van der Waals surface area contributed by atoms with Crippen molar-refractivity contribution < 1.29 is 9.84 Å². The maximum absolute atomic E-state index is 8.73. The van der Waals surface area contributed by atoms with Crippen molar-refractivity contribution in [1.29, 1.82) is 0 Å². The van der Waals surface area contributed by atoms with E-state index >= 15 is 0 Å². The van der Waals surface area contributed by atoms with E-state index in [-0.39, 0.29) is 0 Å². The minimum absolute atomic E-state index is 0.301. The van der Waals surface area contributed by atoms with Gasteiger partial charge in [0.2, 0.25) is 0 Å². The van der Waals surface area contributed by atoms with Crippen molar-refractivity contribution in [3.05, 3.63) is 29.3 Å². The van der Waals surface area contributed by atoms with E-state index in [2.05, 4.69) is 30.4 Å². The molecule has 1 aromatic carbocycles. The van der Waals surface area contributed by atoms with Gasteiger partial charge in [0.15, 0.2) is 0 Å². The zero-order valence-corrected chi connectivity index (χ0v) is 12.5. The fourth-order valence-corrected chi connectivity index (χ4v) is 2.28. The average Bonchev–Trinajstić information content (AvgIpc) is 3.26. The Kier molecular flexibility index (Phi) is 6.34. The maximum Gasteiger partial charge on any atom is 0.123 e. The second-order valence-electron chi connectivity index (χ2n) is 5.75. The Labute approximate surface area is 122 Å². The van der Waals surface area contributed by atoms with Crippen LogP contribution in [0.4, 0.5) is 0 Å². The smallest absolute Gasteiger partial charge is 0.123 e. The topological polar surface area (TPSA) is 41.5 Å². The van der Waals surface area contributed by atoms with Crippen LogP contribution in [-0.2, 0) is 6.54 Å². The van der Waals surface area contributed by atoms with Crippen LogP contribution in [0, 0.1) is 6.92 Å². The van der Waals surface area contributed by atoms with Gasteiger partial charge in [0, 0.05) is 24.8 Å². The fraction of sp³-hybridized carbons (Fsp3) is 0.647. The molecule has 112 valence electrons. The molecular formula is C17H27NO2. The number of ether oxygens (including phenoxy) is 1. The van der Waals surface area contributed by atoms with E-state index in [1.807, 2.05) is 0 Å². The SMILES string of the molecule is Cc1ccc(OCCCCCCO)c(CNC2CC2)c1. The molecule has 0 radical (unpaired) electrons. The summed E-state index contributed by atoms with van der Waals surface area (Å²) in [4.78, 5) is 0. The summed E-state index contributed by atoms with van der Waals surface area (Å²) in [6.07, 6.45) is 6.80. The minimum Gasteiger partial charge on any atom is -0.493 e. The molecule has 2 N–H and O–H groups in total. The van der Waals surface area contributed by atoms with Gasteiger partial charge in [-0.15, -0.1) is 0 Å². The normalized spacial score (nSPS) is 14.5. The third-order valence-corrected chi connectivity index (χ3v) is 3.68. The van der Waals surface area contributed by atoms with Gasteiger partial charge in [-0.2, -0.15) is 0 Å². The molecule has 1 saturated carbocycles. The molecule has 1 aliphatic carbocycles. The van der Waals surface area contributed by atoms with Crippen LogP contribution in [-0.4, -0.2) is 24.4 Å². The molecule has 0 unspecified atom stereocenters. The summed E-state index contributed by atoms with van der Waals surface area (Å²) in [5.41, 5.74) is 2.56. The fourth-order valence-electron chi connectivity index (χ4n) is 2.28. The van der Waals surface area contributed by atoms with Crippen LogP contribution in [0.3, 0.4) is 0 Å². The minimum atomic E-state index is 0.301. The maximum atomic E-state index is 8.73. The summed E-state index contributed by atoms with van der Waals surface area (Å²) in [5.74, 6) is 1.02. The number of rotatable bonds is 10. The van der Waals surface area contributed by atoms with Gasteiger partial charge in [0.1, 0.15) is 5.75 Å². The predicted molar refractivity (Wildman–Crippen MR) is 82.1 cm³/mol. The molecule has 1 aromatic rings. The largest absolute Gasteiger partial charge is 0.493 e. The third-order valence-electron chi connectivity index (χ3n) is 3.68. The highest BCUT2D eigenvalue weighted by Gasteiger charge is 2.20. The second kappa shape index (κ2) is 8.28. The first-order valence-electron chi connectivity index (χ1n) is 7.86. The van der Waals surface area contributed by atoms with E-state index in [9.17, 15) is 0 Å². The molecule has 20 heavy (non-hydrogen) atoms. The molecule has 0 spiro atoms. The molecule has 0 aliphatic heterocycles. The molecule has 0 saturated heterocycles. The number of unbranched alkanes of at least 4 members (excludes halogenated alkanes) is 3. The Bertz CT molecular complexity index is 402. The van der Waals surface area contributed by atoms with Crippen LogP contribution in [0.1, 0.15) is 49.7 Å². The Hall–Kier alpha value is -1.06. The van der Waals surface area contributed by atoms with Gasteiger partial charge >= 0.3 is 0 Å². The predicted octanol–water partition coefficient (Wildman–Crippen LogP) is 3.18. The van der Waals surface area contributed by atoms with Crippen LogP contribution in [0.25, 0.3) is 0 Å². The Morgan fingerprint density at radius 3 is 2.75 bits per heavy atom. The molecule has 0 heterocycles. The molecule has 3 nitrogen and oxygen atoms in total. The Morgan fingerprint density at radius 2 is 2.00 bits per heavy atom.